The van der Waals surface area contributed by atoms with E-state index in [1.807, 2.05) is 0 Å². The topological polar surface area (TPSA) is 101 Å². The molecule has 0 unspecified atom stereocenters. The molecule has 0 aromatic heterocycles. The Bertz CT molecular complexity index is 626. The van der Waals surface area contributed by atoms with Gasteiger partial charge in [-0.2, -0.15) is 0 Å². The van der Waals surface area contributed by atoms with Crippen molar-refractivity contribution in [2.45, 2.75) is 31.1 Å². The Morgan fingerprint density at radius 3 is 2.67 bits per heavy atom. The molecule has 1 aromatic rings. The van der Waals surface area contributed by atoms with E-state index in [0.29, 0.717) is 19.0 Å². The monoisotopic (exact) mass is 313 g/mol. The first kappa shape index (κ1) is 15.7. The number of sulfonamides is 1. The molecule has 2 rings (SSSR count). The van der Waals surface area contributed by atoms with Gasteiger partial charge in [-0.25, -0.2) is 13.1 Å². The normalized spacial score (nSPS) is 14.9. The standard InChI is InChI=1S/C13H19N3O4S/c1-2-14-12-9-11(5-6-13(12)16(17)18)21(19,20)15-8-7-10-3-4-10/h5-6,9-10,14-15H,2-4,7-8H2,1H3. The second kappa shape index (κ2) is 6.40. The van der Waals surface area contributed by atoms with Gasteiger partial charge in [0.05, 0.1) is 9.82 Å². The highest BCUT2D eigenvalue weighted by Crippen LogP contribution is 2.32. The minimum atomic E-state index is -3.62. The third-order valence-electron chi connectivity index (χ3n) is 3.38. The molecule has 0 saturated heterocycles. The van der Waals surface area contributed by atoms with Crippen molar-refractivity contribution >= 4 is 21.4 Å². The lowest BCUT2D eigenvalue weighted by Crippen LogP contribution is -2.25. The molecule has 0 atom stereocenters. The number of nitro benzene ring substituents is 1. The first-order valence-corrected chi connectivity index (χ1v) is 8.44. The van der Waals surface area contributed by atoms with Crippen molar-refractivity contribution in [3.05, 3.63) is 28.3 Å². The number of nitro groups is 1. The van der Waals surface area contributed by atoms with Gasteiger partial charge in [0.1, 0.15) is 5.69 Å². The molecular formula is C13H19N3O4S. The molecule has 0 spiro atoms. The summed E-state index contributed by atoms with van der Waals surface area (Å²) in [5.41, 5.74) is 0.0846. The molecule has 116 valence electrons. The van der Waals surface area contributed by atoms with E-state index < -0.39 is 14.9 Å². The second-order valence-electron chi connectivity index (χ2n) is 5.10. The zero-order chi connectivity index (χ0) is 15.5. The van der Waals surface area contributed by atoms with Crippen molar-refractivity contribution in [2.24, 2.45) is 5.92 Å². The molecule has 21 heavy (non-hydrogen) atoms. The van der Waals surface area contributed by atoms with Crippen LogP contribution >= 0.6 is 0 Å². The number of anilines is 1. The summed E-state index contributed by atoms with van der Waals surface area (Å²) in [6, 6.07) is 3.78. The first-order valence-electron chi connectivity index (χ1n) is 6.96. The maximum atomic E-state index is 12.2. The number of benzene rings is 1. The van der Waals surface area contributed by atoms with Gasteiger partial charge in [0, 0.05) is 19.2 Å². The molecule has 0 radical (unpaired) electrons. The molecule has 2 N–H and O–H groups in total. The Morgan fingerprint density at radius 1 is 1.38 bits per heavy atom. The minimum Gasteiger partial charge on any atom is -0.380 e. The minimum absolute atomic E-state index is 0.0415. The smallest absolute Gasteiger partial charge is 0.292 e. The van der Waals surface area contributed by atoms with Gasteiger partial charge in [-0.3, -0.25) is 10.1 Å². The molecular weight excluding hydrogens is 294 g/mol. The van der Waals surface area contributed by atoms with Crippen molar-refractivity contribution < 1.29 is 13.3 Å². The van der Waals surface area contributed by atoms with Crippen molar-refractivity contribution in [3.8, 4) is 0 Å². The second-order valence-corrected chi connectivity index (χ2v) is 6.86. The number of rotatable bonds is 8. The fourth-order valence-electron chi connectivity index (χ4n) is 2.06. The predicted octanol–water partition coefficient (Wildman–Crippen LogP) is 2.10. The average molecular weight is 313 g/mol. The van der Waals surface area contributed by atoms with Crippen molar-refractivity contribution in [1.82, 2.24) is 4.72 Å². The van der Waals surface area contributed by atoms with Gasteiger partial charge in [-0.1, -0.05) is 12.8 Å². The van der Waals surface area contributed by atoms with Crippen LogP contribution in [-0.2, 0) is 10.0 Å². The molecule has 0 amide bonds. The third kappa shape index (κ3) is 4.15. The lowest BCUT2D eigenvalue weighted by molar-refractivity contribution is -0.384. The molecule has 8 heteroatoms. The number of hydrogen-bond donors (Lipinski definition) is 2. The predicted molar refractivity (Wildman–Crippen MR) is 79.8 cm³/mol. The molecule has 1 fully saturated rings. The Hall–Kier alpha value is -1.67. The van der Waals surface area contributed by atoms with Crippen LogP contribution in [0, 0.1) is 16.0 Å². The average Bonchev–Trinajstić information content (AvgIpc) is 3.22. The van der Waals surface area contributed by atoms with E-state index in [0.717, 1.165) is 6.42 Å². The molecule has 1 saturated carbocycles. The van der Waals surface area contributed by atoms with E-state index in [-0.39, 0.29) is 16.3 Å². The van der Waals surface area contributed by atoms with Crippen LogP contribution in [0.3, 0.4) is 0 Å². The number of hydrogen-bond acceptors (Lipinski definition) is 5. The van der Waals surface area contributed by atoms with E-state index in [1.54, 1.807) is 6.92 Å². The molecule has 7 nitrogen and oxygen atoms in total. The van der Waals surface area contributed by atoms with Crippen LogP contribution in [0.15, 0.2) is 23.1 Å². The van der Waals surface area contributed by atoms with Crippen LogP contribution in [0.4, 0.5) is 11.4 Å². The van der Waals surface area contributed by atoms with Crippen molar-refractivity contribution in [1.29, 1.82) is 0 Å². The molecule has 1 aromatic carbocycles. The van der Waals surface area contributed by atoms with Crippen LogP contribution in [0.25, 0.3) is 0 Å². The maximum Gasteiger partial charge on any atom is 0.292 e. The van der Waals surface area contributed by atoms with Gasteiger partial charge in [-0.15, -0.1) is 0 Å². The van der Waals surface area contributed by atoms with E-state index in [2.05, 4.69) is 10.0 Å². The molecule has 0 bridgehead atoms. The Kier molecular flexibility index (Phi) is 4.79. The summed E-state index contributed by atoms with van der Waals surface area (Å²) in [4.78, 5) is 10.4. The van der Waals surface area contributed by atoms with Gasteiger partial charge < -0.3 is 5.32 Å². The summed E-state index contributed by atoms with van der Waals surface area (Å²) in [7, 11) is -3.62. The lowest BCUT2D eigenvalue weighted by atomic mass is 10.2. The van der Waals surface area contributed by atoms with E-state index >= 15 is 0 Å². The summed E-state index contributed by atoms with van der Waals surface area (Å²) in [6.45, 7) is 2.67. The molecule has 0 aliphatic heterocycles. The zero-order valence-corrected chi connectivity index (χ0v) is 12.6. The number of nitrogens with zero attached hydrogens (tertiary/aromatic N) is 1. The Morgan fingerprint density at radius 2 is 2.10 bits per heavy atom. The molecule has 0 heterocycles. The Labute approximate surface area is 123 Å². The fraction of sp³-hybridized carbons (Fsp3) is 0.538. The van der Waals surface area contributed by atoms with Gasteiger partial charge in [-0.05, 0) is 31.4 Å². The fourth-order valence-corrected chi connectivity index (χ4v) is 3.13. The highest BCUT2D eigenvalue weighted by atomic mass is 32.2. The summed E-state index contributed by atoms with van der Waals surface area (Å²) >= 11 is 0. The van der Waals surface area contributed by atoms with Crippen LogP contribution in [0.5, 0.6) is 0 Å². The summed E-state index contributed by atoms with van der Waals surface area (Å²) in [5, 5.41) is 13.7. The molecule has 1 aliphatic rings. The van der Waals surface area contributed by atoms with Crippen LogP contribution in [0.2, 0.25) is 0 Å². The highest BCUT2D eigenvalue weighted by Gasteiger charge is 2.23. The molecule has 1 aliphatic carbocycles. The van der Waals surface area contributed by atoms with Gasteiger partial charge in [0.2, 0.25) is 10.0 Å². The maximum absolute atomic E-state index is 12.2. The zero-order valence-electron chi connectivity index (χ0n) is 11.8. The van der Waals surface area contributed by atoms with Gasteiger partial charge in [0.15, 0.2) is 0 Å². The van der Waals surface area contributed by atoms with E-state index in [9.17, 15) is 18.5 Å². The quantitative estimate of drug-likeness (QED) is 0.565. The van der Waals surface area contributed by atoms with Gasteiger partial charge >= 0.3 is 0 Å². The summed E-state index contributed by atoms with van der Waals surface area (Å²) in [5.74, 6) is 0.641. The highest BCUT2D eigenvalue weighted by molar-refractivity contribution is 7.89. The van der Waals surface area contributed by atoms with Crippen molar-refractivity contribution in [3.63, 3.8) is 0 Å². The summed E-state index contributed by atoms with van der Waals surface area (Å²) < 4.78 is 26.9. The van der Waals surface area contributed by atoms with Gasteiger partial charge in [0.25, 0.3) is 5.69 Å². The largest absolute Gasteiger partial charge is 0.380 e. The van der Waals surface area contributed by atoms with Crippen molar-refractivity contribution in [2.75, 3.05) is 18.4 Å². The van der Waals surface area contributed by atoms with Crippen LogP contribution in [-0.4, -0.2) is 26.4 Å². The van der Waals surface area contributed by atoms with E-state index in [4.69, 9.17) is 0 Å². The Balaban J connectivity index is 2.16. The lowest BCUT2D eigenvalue weighted by Gasteiger charge is -2.09. The van der Waals surface area contributed by atoms with Crippen LogP contribution < -0.4 is 10.0 Å². The van der Waals surface area contributed by atoms with E-state index in [1.165, 1.54) is 31.0 Å². The first-order chi connectivity index (χ1) is 9.94. The van der Waals surface area contributed by atoms with Crippen LogP contribution in [0.1, 0.15) is 26.2 Å². The SMILES string of the molecule is CCNc1cc(S(=O)(=O)NCCC2CC2)ccc1[N+](=O)[O-]. The number of nitrogens with one attached hydrogen (secondary N) is 2. The third-order valence-corrected chi connectivity index (χ3v) is 4.84. The summed E-state index contributed by atoms with van der Waals surface area (Å²) in [6.07, 6.45) is 3.18.